The van der Waals surface area contributed by atoms with Crippen molar-refractivity contribution in [1.82, 2.24) is 4.57 Å². The first-order valence-electron chi connectivity index (χ1n) is 8.85. The number of aromatic nitrogens is 1. The van der Waals surface area contributed by atoms with Crippen LogP contribution in [0.25, 0.3) is 11.3 Å². The first-order valence-corrected chi connectivity index (χ1v) is 8.85. The molecule has 3 aromatic rings. The lowest BCUT2D eigenvalue weighted by Crippen LogP contribution is -2.36. The summed E-state index contributed by atoms with van der Waals surface area (Å²) < 4.78 is 7.76. The van der Waals surface area contributed by atoms with Crippen LogP contribution in [0.3, 0.4) is 0 Å². The maximum Gasteiger partial charge on any atom is 0.129 e. The summed E-state index contributed by atoms with van der Waals surface area (Å²) in [4.78, 5) is 2.39. The molecule has 25 heavy (non-hydrogen) atoms. The van der Waals surface area contributed by atoms with Crippen molar-refractivity contribution in [3.8, 4) is 11.3 Å². The molecule has 4 heteroatoms. The number of rotatable bonds is 2. The molecule has 0 radical (unpaired) electrons. The summed E-state index contributed by atoms with van der Waals surface area (Å²) in [7, 11) is 0. The topological polar surface area (TPSA) is 29.4 Å². The molecule has 0 amide bonds. The average molecular weight is 331 g/mol. The Morgan fingerprint density at radius 1 is 0.880 bits per heavy atom. The van der Waals surface area contributed by atoms with Crippen molar-refractivity contribution in [2.45, 2.75) is 6.17 Å². The van der Waals surface area contributed by atoms with E-state index >= 15 is 0 Å². The average Bonchev–Trinajstić information content (AvgIpc) is 3.18. The number of benzene rings is 2. The second-order valence-corrected chi connectivity index (χ2v) is 6.58. The Bertz CT molecular complexity index is 878. The first kappa shape index (κ1) is 14.6. The van der Waals surface area contributed by atoms with Gasteiger partial charge in [0.15, 0.2) is 0 Å². The summed E-state index contributed by atoms with van der Waals surface area (Å²) in [6.07, 6.45) is 2.28. The Morgan fingerprint density at radius 3 is 2.52 bits per heavy atom. The maximum atomic E-state index is 5.45. The first-order chi connectivity index (χ1) is 12.4. The lowest BCUT2D eigenvalue weighted by molar-refractivity contribution is 0.122. The molecule has 2 aliphatic rings. The van der Waals surface area contributed by atoms with E-state index in [-0.39, 0.29) is 6.17 Å². The van der Waals surface area contributed by atoms with Gasteiger partial charge < -0.3 is 19.5 Å². The van der Waals surface area contributed by atoms with Gasteiger partial charge in [-0.25, -0.2) is 0 Å². The predicted molar refractivity (Wildman–Crippen MR) is 101 cm³/mol. The molecule has 2 aliphatic heterocycles. The maximum absolute atomic E-state index is 5.45. The van der Waals surface area contributed by atoms with Crippen LogP contribution in [0.15, 0.2) is 66.9 Å². The number of nitrogens with one attached hydrogen (secondary N) is 1. The fourth-order valence-corrected chi connectivity index (χ4v) is 3.83. The second-order valence-electron chi connectivity index (χ2n) is 6.58. The van der Waals surface area contributed by atoms with Gasteiger partial charge in [0, 0.05) is 36.2 Å². The van der Waals surface area contributed by atoms with Gasteiger partial charge in [0.25, 0.3) is 0 Å². The van der Waals surface area contributed by atoms with Crippen LogP contribution in [-0.4, -0.2) is 30.9 Å². The summed E-state index contributed by atoms with van der Waals surface area (Å²) in [5.41, 5.74) is 6.25. The number of morpholine rings is 1. The Balaban J connectivity index is 1.48. The number of nitrogens with zero attached hydrogens (tertiary/aromatic N) is 2. The molecule has 0 unspecified atom stereocenters. The van der Waals surface area contributed by atoms with Crippen molar-refractivity contribution in [2.24, 2.45) is 0 Å². The van der Waals surface area contributed by atoms with E-state index < -0.39 is 0 Å². The molecule has 0 bridgehead atoms. The van der Waals surface area contributed by atoms with E-state index in [2.05, 4.69) is 81.6 Å². The number of anilines is 2. The quantitative estimate of drug-likeness (QED) is 0.771. The highest BCUT2D eigenvalue weighted by molar-refractivity contribution is 5.78. The predicted octanol–water partition coefficient (Wildman–Crippen LogP) is 3.96. The van der Waals surface area contributed by atoms with Gasteiger partial charge in [-0.3, -0.25) is 0 Å². The number of ether oxygens (including phenoxy) is 1. The highest BCUT2D eigenvalue weighted by Crippen LogP contribution is 2.38. The normalized spacial score (nSPS) is 19.0. The van der Waals surface area contributed by atoms with Crippen LogP contribution in [0.2, 0.25) is 0 Å². The largest absolute Gasteiger partial charge is 0.378 e. The summed E-state index contributed by atoms with van der Waals surface area (Å²) in [5.74, 6) is 0. The van der Waals surface area contributed by atoms with E-state index in [9.17, 15) is 0 Å². The van der Waals surface area contributed by atoms with Crippen LogP contribution in [0.4, 0.5) is 11.4 Å². The fourth-order valence-electron chi connectivity index (χ4n) is 3.83. The van der Waals surface area contributed by atoms with Gasteiger partial charge in [-0.1, -0.05) is 30.3 Å². The Morgan fingerprint density at radius 2 is 1.68 bits per heavy atom. The molecule has 0 saturated carbocycles. The van der Waals surface area contributed by atoms with Crippen LogP contribution in [0.5, 0.6) is 0 Å². The van der Waals surface area contributed by atoms with Crippen molar-refractivity contribution < 1.29 is 4.74 Å². The van der Waals surface area contributed by atoms with E-state index in [4.69, 9.17) is 4.74 Å². The van der Waals surface area contributed by atoms with Crippen molar-refractivity contribution in [2.75, 3.05) is 36.5 Å². The third-order valence-corrected chi connectivity index (χ3v) is 5.14. The van der Waals surface area contributed by atoms with Crippen LogP contribution in [0.1, 0.15) is 11.7 Å². The van der Waals surface area contributed by atoms with Crippen molar-refractivity contribution in [3.63, 3.8) is 0 Å². The molecule has 4 nitrogen and oxygen atoms in total. The van der Waals surface area contributed by atoms with Gasteiger partial charge in [-0.15, -0.1) is 0 Å². The Labute approximate surface area is 147 Å². The highest BCUT2D eigenvalue weighted by atomic mass is 16.5. The molecule has 1 aromatic heterocycles. The molecule has 1 saturated heterocycles. The molecule has 5 rings (SSSR count). The summed E-state index contributed by atoms with van der Waals surface area (Å²) in [6, 6.07) is 21.7. The van der Waals surface area contributed by atoms with Crippen LogP contribution in [0, 0.1) is 0 Å². The van der Waals surface area contributed by atoms with Crippen molar-refractivity contribution >= 4 is 11.4 Å². The molecular weight excluding hydrogens is 310 g/mol. The van der Waals surface area contributed by atoms with Gasteiger partial charge in [-0.05, 0) is 35.9 Å². The van der Waals surface area contributed by atoms with Crippen LogP contribution in [-0.2, 0) is 4.74 Å². The fraction of sp³-hybridized carbons (Fsp3) is 0.238. The monoisotopic (exact) mass is 331 g/mol. The van der Waals surface area contributed by atoms with Gasteiger partial charge in [0.1, 0.15) is 6.17 Å². The molecule has 0 aliphatic carbocycles. The zero-order valence-corrected chi connectivity index (χ0v) is 14.1. The van der Waals surface area contributed by atoms with E-state index in [0.717, 1.165) is 26.3 Å². The third kappa shape index (κ3) is 2.50. The number of hydrogen-bond donors (Lipinski definition) is 1. The molecule has 1 atom stereocenters. The van der Waals surface area contributed by atoms with Crippen molar-refractivity contribution in [1.29, 1.82) is 0 Å². The minimum atomic E-state index is 0.124. The molecule has 1 N–H and O–H groups in total. The van der Waals surface area contributed by atoms with Crippen molar-refractivity contribution in [3.05, 3.63) is 72.4 Å². The zero-order chi connectivity index (χ0) is 16.6. The molecule has 126 valence electrons. The van der Waals surface area contributed by atoms with E-state index in [1.165, 1.54) is 28.2 Å². The number of para-hydroxylation sites is 1. The lowest BCUT2D eigenvalue weighted by atomic mass is 10.0. The molecule has 3 heterocycles. The Hall–Kier alpha value is -2.72. The SMILES string of the molecule is c1ccc2c(c1)N[C@H](c1ccc(N3CCOCC3)cc1)n1cccc1-2. The van der Waals surface area contributed by atoms with E-state index in [1.807, 2.05) is 0 Å². The zero-order valence-electron chi connectivity index (χ0n) is 14.1. The van der Waals surface area contributed by atoms with Crippen LogP contribution < -0.4 is 10.2 Å². The van der Waals surface area contributed by atoms with Gasteiger partial charge in [-0.2, -0.15) is 0 Å². The lowest BCUT2D eigenvalue weighted by Gasteiger charge is -2.32. The van der Waals surface area contributed by atoms with E-state index in [0.29, 0.717) is 0 Å². The number of fused-ring (bicyclic) bond motifs is 3. The van der Waals surface area contributed by atoms with Gasteiger partial charge in [0.2, 0.25) is 0 Å². The minimum absolute atomic E-state index is 0.124. The summed E-state index contributed by atoms with van der Waals surface area (Å²) in [6.45, 7) is 3.57. The highest BCUT2D eigenvalue weighted by Gasteiger charge is 2.24. The summed E-state index contributed by atoms with van der Waals surface area (Å²) >= 11 is 0. The molecule has 2 aromatic carbocycles. The molecule has 0 spiro atoms. The minimum Gasteiger partial charge on any atom is -0.378 e. The van der Waals surface area contributed by atoms with E-state index in [1.54, 1.807) is 0 Å². The standard InChI is InChI=1S/C21H21N3O/c1-2-5-19-18(4-1)20-6-3-11-24(20)21(22-19)16-7-9-17(10-8-16)23-12-14-25-15-13-23/h1-11,21-22H,12-15H2/t21-/m0/s1. The smallest absolute Gasteiger partial charge is 0.129 e. The Kier molecular flexibility index (Phi) is 3.49. The van der Waals surface area contributed by atoms with Gasteiger partial charge >= 0.3 is 0 Å². The molecule has 1 fully saturated rings. The van der Waals surface area contributed by atoms with Gasteiger partial charge in [0.05, 0.1) is 18.9 Å². The molecular formula is C21H21N3O. The van der Waals surface area contributed by atoms with Crippen LogP contribution >= 0.6 is 0 Å². The summed E-state index contributed by atoms with van der Waals surface area (Å²) in [5, 5.41) is 3.68. The number of hydrogen-bond acceptors (Lipinski definition) is 3. The third-order valence-electron chi connectivity index (χ3n) is 5.14. The second kappa shape index (κ2) is 5.97.